The first kappa shape index (κ1) is 15.4. The first-order valence-corrected chi connectivity index (χ1v) is 7.11. The second-order valence-corrected chi connectivity index (χ2v) is 4.71. The number of methoxy groups -OCH3 is 1. The SMILES string of the molecule is COc1cc(C(=O)Nc2cnc(Oc3ccccc3)nc2)ccn1. The van der Waals surface area contributed by atoms with E-state index in [1.54, 1.807) is 24.3 Å². The molecule has 2 aromatic heterocycles. The fraction of sp³-hybridized carbons (Fsp3) is 0.0588. The fourth-order valence-electron chi connectivity index (χ4n) is 1.89. The highest BCUT2D eigenvalue weighted by atomic mass is 16.5. The summed E-state index contributed by atoms with van der Waals surface area (Å²) in [6.45, 7) is 0. The third-order valence-corrected chi connectivity index (χ3v) is 3.04. The highest BCUT2D eigenvalue weighted by Gasteiger charge is 2.09. The summed E-state index contributed by atoms with van der Waals surface area (Å²) in [6.07, 6.45) is 4.45. The lowest BCUT2D eigenvalue weighted by molar-refractivity contribution is 0.102. The molecular formula is C17H14N4O3. The highest BCUT2D eigenvalue weighted by Crippen LogP contribution is 2.17. The third-order valence-electron chi connectivity index (χ3n) is 3.04. The summed E-state index contributed by atoms with van der Waals surface area (Å²) in [5.41, 5.74) is 0.877. The molecule has 0 aliphatic rings. The molecule has 1 aromatic carbocycles. The molecule has 7 nitrogen and oxygen atoms in total. The van der Waals surface area contributed by atoms with E-state index in [4.69, 9.17) is 9.47 Å². The number of pyridine rings is 1. The van der Waals surface area contributed by atoms with E-state index in [-0.39, 0.29) is 11.9 Å². The second-order valence-electron chi connectivity index (χ2n) is 4.71. The lowest BCUT2D eigenvalue weighted by atomic mass is 10.2. The summed E-state index contributed by atoms with van der Waals surface area (Å²) >= 11 is 0. The fourth-order valence-corrected chi connectivity index (χ4v) is 1.89. The van der Waals surface area contributed by atoms with Gasteiger partial charge in [-0.2, -0.15) is 0 Å². The Balaban J connectivity index is 1.66. The van der Waals surface area contributed by atoms with Crippen LogP contribution < -0.4 is 14.8 Å². The molecule has 3 rings (SSSR count). The number of benzene rings is 1. The van der Waals surface area contributed by atoms with E-state index < -0.39 is 0 Å². The van der Waals surface area contributed by atoms with E-state index in [9.17, 15) is 4.79 Å². The van der Waals surface area contributed by atoms with Gasteiger partial charge in [-0.1, -0.05) is 18.2 Å². The largest absolute Gasteiger partial charge is 0.481 e. The van der Waals surface area contributed by atoms with Crippen molar-refractivity contribution < 1.29 is 14.3 Å². The van der Waals surface area contributed by atoms with Gasteiger partial charge in [0.15, 0.2) is 0 Å². The summed E-state index contributed by atoms with van der Waals surface area (Å²) in [5, 5.41) is 2.70. The van der Waals surface area contributed by atoms with Crippen LogP contribution in [0.3, 0.4) is 0 Å². The highest BCUT2D eigenvalue weighted by molar-refractivity contribution is 6.04. The molecule has 1 N–H and O–H groups in total. The molecule has 0 unspecified atom stereocenters. The van der Waals surface area contributed by atoms with Crippen molar-refractivity contribution in [3.8, 4) is 17.6 Å². The number of ether oxygens (including phenoxy) is 2. The van der Waals surface area contributed by atoms with Crippen molar-refractivity contribution in [1.29, 1.82) is 0 Å². The van der Waals surface area contributed by atoms with Gasteiger partial charge in [-0.05, 0) is 18.2 Å². The van der Waals surface area contributed by atoms with Gasteiger partial charge >= 0.3 is 6.01 Å². The number of carbonyl (C=O) groups is 1. The van der Waals surface area contributed by atoms with Gasteiger partial charge in [-0.15, -0.1) is 0 Å². The molecule has 24 heavy (non-hydrogen) atoms. The van der Waals surface area contributed by atoms with Crippen LogP contribution in [-0.2, 0) is 0 Å². The predicted molar refractivity (Wildman–Crippen MR) is 87.3 cm³/mol. The average Bonchev–Trinajstić information content (AvgIpc) is 2.64. The van der Waals surface area contributed by atoms with Gasteiger partial charge in [0.25, 0.3) is 5.91 Å². The van der Waals surface area contributed by atoms with Crippen molar-refractivity contribution in [3.63, 3.8) is 0 Å². The molecule has 0 aliphatic heterocycles. The van der Waals surface area contributed by atoms with Gasteiger partial charge in [0, 0.05) is 17.8 Å². The van der Waals surface area contributed by atoms with E-state index >= 15 is 0 Å². The quantitative estimate of drug-likeness (QED) is 0.777. The normalized spacial score (nSPS) is 10.0. The minimum Gasteiger partial charge on any atom is -0.481 e. The van der Waals surface area contributed by atoms with Crippen molar-refractivity contribution in [1.82, 2.24) is 15.0 Å². The molecule has 0 atom stereocenters. The maximum atomic E-state index is 12.2. The number of hydrogen-bond donors (Lipinski definition) is 1. The van der Waals surface area contributed by atoms with Crippen LogP contribution in [0.4, 0.5) is 5.69 Å². The van der Waals surface area contributed by atoms with Gasteiger partial charge in [-0.3, -0.25) is 4.79 Å². The molecule has 3 aromatic rings. The van der Waals surface area contributed by atoms with Gasteiger partial charge in [0.2, 0.25) is 5.88 Å². The summed E-state index contributed by atoms with van der Waals surface area (Å²) in [6, 6.07) is 12.5. The second kappa shape index (κ2) is 7.19. The van der Waals surface area contributed by atoms with Gasteiger partial charge in [0.05, 0.1) is 25.2 Å². The molecule has 0 radical (unpaired) electrons. The summed E-state index contributed by atoms with van der Waals surface area (Å²) < 4.78 is 10.5. The number of rotatable bonds is 5. The number of nitrogens with one attached hydrogen (secondary N) is 1. The van der Waals surface area contributed by atoms with Crippen molar-refractivity contribution in [2.45, 2.75) is 0 Å². The van der Waals surface area contributed by atoms with E-state index in [2.05, 4.69) is 20.3 Å². The molecule has 0 saturated heterocycles. The van der Waals surface area contributed by atoms with Gasteiger partial charge in [0.1, 0.15) is 5.75 Å². The lowest BCUT2D eigenvalue weighted by Crippen LogP contribution is -2.12. The Bertz CT molecular complexity index is 823. The van der Waals surface area contributed by atoms with Gasteiger partial charge in [-0.25, -0.2) is 15.0 Å². The number of hydrogen-bond acceptors (Lipinski definition) is 6. The number of aromatic nitrogens is 3. The maximum Gasteiger partial charge on any atom is 0.322 e. The molecule has 0 bridgehead atoms. The van der Waals surface area contributed by atoms with E-state index in [0.29, 0.717) is 22.9 Å². The zero-order chi connectivity index (χ0) is 16.8. The zero-order valence-corrected chi connectivity index (χ0v) is 12.8. The topological polar surface area (TPSA) is 86.2 Å². The van der Waals surface area contributed by atoms with Crippen LogP contribution in [-0.4, -0.2) is 28.0 Å². The van der Waals surface area contributed by atoms with Crippen molar-refractivity contribution in [2.24, 2.45) is 0 Å². The van der Waals surface area contributed by atoms with Crippen LogP contribution >= 0.6 is 0 Å². The Kier molecular flexibility index (Phi) is 4.62. The Morgan fingerprint density at radius 1 is 1.04 bits per heavy atom. The first-order valence-electron chi connectivity index (χ1n) is 7.11. The third kappa shape index (κ3) is 3.83. The molecular weight excluding hydrogens is 308 g/mol. The minimum atomic E-state index is -0.309. The van der Waals surface area contributed by atoms with Crippen molar-refractivity contribution >= 4 is 11.6 Å². The summed E-state index contributed by atoms with van der Waals surface area (Å²) in [5.74, 6) is 0.694. The average molecular weight is 322 g/mol. The number of anilines is 1. The first-order chi connectivity index (χ1) is 11.7. The smallest absolute Gasteiger partial charge is 0.322 e. The maximum absolute atomic E-state index is 12.2. The van der Waals surface area contributed by atoms with Crippen LogP contribution in [0.2, 0.25) is 0 Å². The zero-order valence-electron chi connectivity index (χ0n) is 12.8. The van der Waals surface area contributed by atoms with Gasteiger partial charge < -0.3 is 14.8 Å². The number of nitrogens with zero attached hydrogens (tertiary/aromatic N) is 3. The molecule has 0 spiro atoms. The molecule has 2 heterocycles. The minimum absolute atomic E-state index is 0.199. The molecule has 7 heteroatoms. The van der Waals surface area contributed by atoms with Crippen LogP contribution in [0.25, 0.3) is 0 Å². The van der Waals surface area contributed by atoms with Crippen LogP contribution in [0, 0.1) is 0 Å². The molecule has 120 valence electrons. The van der Waals surface area contributed by atoms with E-state index in [1.807, 2.05) is 18.2 Å². The Morgan fingerprint density at radius 2 is 1.79 bits per heavy atom. The monoisotopic (exact) mass is 322 g/mol. The number of carbonyl (C=O) groups excluding carboxylic acids is 1. The Hall–Kier alpha value is -3.48. The molecule has 0 fully saturated rings. The molecule has 0 saturated carbocycles. The molecule has 1 amide bonds. The van der Waals surface area contributed by atoms with Crippen LogP contribution in [0.1, 0.15) is 10.4 Å². The van der Waals surface area contributed by atoms with Crippen molar-refractivity contribution in [2.75, 3.05) is 12.4 Å². The van der Waals surface area contributed by atoms with Crippen LogP contribution in [0.5, 0.6) is 17.6 Å². The van der Waals surface area contributed by atoms with E-state index in [1.165, 1.54) is 25.7 Å². The number of para-hydroxylation sites is 1. The van der Waals surface area contributed by atoms with Crippen molar-refractivity contribution in [3.05, 3.63) is 66.6 Å². The van der Waals surface area contributed by atoms with E-state index in [0.717, 1.165) is 0 Å². The predicted octanol–water partition coefficient (Wildman–Crippen LogP) is 2.92. The lowest BCUT2D eigenvalue weighted by Gasteiger charge is -2.07. The number of amides is 1. The Morgan fingerprint density at radius 3 is 2.50 bits per heavy atom. The summed E-state index contributed by atoms with van der Waals surface area (Å²) in [4.78, 5) is 24.3. The standard InChI is InChI=1S/C17H14N4O3/c1-23-15-9-12(7-8-18-15)16(22)21-13-10-19-17(20-11-13)24-14-5-3-2-4-6-14/h2-11H,1H3,(H,21,22). The Labute approximate surface area is 138 Å². The molecule has 0 aliphatic carbocycles. The van der Waals surface area contributed by atoms with Crippen LogP contribution in [0.15, 0.2) is 61.1 Å². The summed E-state index contributed by atoms with van der Waals surface area (Å²) in [7, 11) is 1.49.